The summed E-state index contributed by atoms with van der Waals surface area (Å²) in [5.74, 6) is -0.112. The van der Waals surface area contributed by atoms with Gasteiger partial charge in [-0.3, -0.25) is 10.1 Å². The van der Waals surface area contributed by atoms with Crippen LogP contribution in [0.2, 0.25) is 0 Å². The predicted molar refractivity (Wildman–Crippen MR) is 97.3 cm³/mol. The molecule has 2 aromatic heterocycles. The second-order valence-corrected chi connectivity index (χ2v) is 6.80. The smallest absolute Gasteiger partial charge is 0.267 e. The Morgan fingerprint density at radius 3 is 2.70 bits per heavy atom. The third kappa shape index (κ3) is 2.76. The second kappa shape index (κ2) is 5.95. The first kappa shape index (κ1) is 14.1. The van der Waals surface area contributed by atoms with E-state index in [0.717, 1.165) is 16.6 Å². The van der Waals surface area contributed by atoms with E-state index in [4.69, 9.17) is 0 Å². The van der Waals surface area contributed by atoms with Crippen molar-refractivity contribution in [2.75, 3.05) is 5.32 Å². The summed E-state index contributed by atoms with van der Waals surface area (Å²) in [6.07, 6.45) is 0. The van der Waals surface area contributed by atoms with Crippen molar-refractivity contribution in [2.45, 2.75) is 0 Å². The summed E-state index contributed by atoms with van der Waals surface area (Å²) in [6, 6.07) is 18.1. The van der Waals surface area contributed by atoms with Crippen molar-refractivity contribution < 1.29 is 4.79 Å². The van der Waals surface area contributed by atoms with Crippen LogP contribution in [0.1, 0.15) is 9.67 Å². The number of hydrogen-bond donors (Lipinski definition) is 1. The molecule has 112 valence electrons. The molecule has 4 rings (SSSR count). The molecule has 3 nitrogen and oxygen atoms in total. The Morgan fingerprint density at radius 1 is 0.957 bits per heavy atom. The molecule has 1 N–H and O–H groups in total. The molecule has 0 saturated heterocycles. The third-order valence-corrected chi connectivity index (χ3v) is 5.16. The van der Waals surface area contributed by atoms with Crippen LogP contribution in [0.25, 0.3) is 22.0 Å². The molecule has 0 saturated carbocycles. The van der Waals surface area contributed by atoms with Gasteiger partial charge < -0.3 is 0 Å². The molecule has 4 aromatic rings. The number of thiophene rings is 1. The zero-order valence-corrected chi connectivity index (χ0v) is 13.7. The molecular weight excluding hydrogens is 324 g/mol. The molecule has 5 heteroatoms. The highest BCUT2D eigenvalue weighted by Gasteiger charge is 2.11. The molecule has 0 radical (unpaired) electrons. The first-order chi connectivity index (χ1) is 11.3. The first-order valence-corrected chi connectivity index (χ1v) is 8.86. The van der Waals surface area contributed by atoms with E-state index in [0.29, 0.717) is 10.0 Å². The summed E-state index contributed by atoms with van der Waals surface area (Å²) in [5.41, 5.74) is 1.96. The summed E-state index contributed by atoms with van der Waals surface area (Å²) in [6.45, 7) is 0. The highest BCUT2D eigenvalue weighted by Crippen LogP contribution is 2.31. The van der Waals surface area contributed by atoms with Crippen LogP contribution >= 0.6 is 22.7 Å². The van der Waals surface area contributed by atoms with Gasteiger partial charge >= 0.3 is 0 Å². The molecule has 0 atom stereocenters. The number of nitrogens with zero attached hydrogens (tertiary/aromatic N) is 1. The Morgan fingerprint density at radius 2 is 1.83 bits per heavy atom. The number of rotatable bonds is 3. The Kier molecular flexibility index (Phi) is 3.65. The van der Waals surface area contributed by atoms with Crippen molar-refractivity contribution in [3.63, 3.8) is 0 Å². The Hall–Kier alpha value is -2.50. The number of thiazole rings is 1. The van der Waals surface area contributed by atoms with Crippen LogP contribution in [-0.4, -0.2) is 10.9 Å². The molecular formula is C18H12N2OS2. The maximum Gasteiger partial charge on any atom is 0.267 e. The van der Waals surface area contributed by atoms with Gasteiger partial charge in [0.25, 0.3) is 5.91 Å². The topological polar surface area (TPSA) is 42.0 Å². The molecule has 0 spiro atoms. The third-order valence-electron chi connectivity index (χ3n) is 3.54. The lowest BCUT2D eigenvalue weighted by Crippen LogP contribution is -2.09. The highest BCUT2D eigenvalue weighted by molar-refractivity contribution is 7.14. The minimum atomic E-state index is -0.112. The number of fused-ring (bicyclic) bond motifs is 1. The van der Waals surface area contributed by atoms with Gasteiger partial charge in [0.15, 0.2) is 5.13 Å². The summed E-state index contributed by atoms with van der Waals surface area (Å²) >= 11 is 2.86. The van der Waals surface area contributed by atoms with E-state index in [1.54, 1.807) is 6.07 Å². The molecule has 0 aliphatic rings. The van der Waals surface area contributed by atoms with Crippen LogP contribution in [0.5, 0.6) is 0 Å². The van der Waals surface area contributed by atoms with E-state index in [2.05, 4.69) is 34.6 Å². The SMILES string of the molecule is O=C(Nc1nc(-c2cccc3ccccc23)cs1)c1cccs1. The zero-order valence-electron chi connectivity index (χ0n) is 12.0. The largest absolute Gasteiger partial charge is 0.297 e. The fraction of sp³-hybridized carbons (Fsp3) is 0. The maximum atomic E-state index is 12.1. The van der Waals surface area contributed by atoms with E-state index in [1.165, 1.54) is 28.1 Å². The molecule has 2 heterocycles. The van der Waals surface area contributed by atoms with E-state index >= 15 is 0 Å². The highest BCUT2D eigenvalue weighted by atomic mass is 32.1. The lowest BCUT2D eigenvalue weighted by atomic mass is 10.0. The van der Waals surface area contributed by atoms with E-state index in [9.17, 15) is 4.79 Å². The molecule has 0 fully saturated rings. The molecule has 23 heavy (non-hydrogen) atoms. The van der Waals surface area contributed by atoms with Gasteiger partial charge in [-0.15, -0.1) is 22.7 Å². The number of nitrogens with one attached hydrogen (secondary N) is 1. The molecule has 0 bridgehead atoms. The van der Waals surface area contributed by atoms with Gasteiger partial charge in [-0.05, 0) is 22.2 Å². The van der Waals surface area contributed by atoms with Crippen molar-refractivity contribution in [3.8, 4) is 11.3 Å². The maximum absolute atomic E-state index is 12.1. The molecule has 0 unspecified atom stereocenters. The van der Waals surface area contributed by atoms with Gasteiger partial charge in [-0.25, -0.2) is 4.98 Å². The minimum absolute atomic E-state index is 0.112. The van der Waals surface area contributed by atoms with Crippen LogP contribution in [0.15, 0.2) is 65.4 Å². The molecule has 2 aromatic carbocycles. The lowest BCUT2D eigenvalue weighted by Gasteiger charge is -2.03. The lowest BCUT2D eigenvalue weighted by molar-refractivity contribution is 0.103. The summed E-state index contributed by atoms with van der Waals surface area (Å²) in [4.78, 5) is 17.4. The van der Waals surface area contributed by atoms with Crippen molar-refractivity contribution in [2.24, 2.45) is 0 Å². The van der Waals surface area contributed by atoms with Gasteiger partial charge in [0, 0.05) is 10.9 Å². The van der Waals surface area contributed by atoms with Crippen LogP contribution in [0.3, 0.4) is 0 Å². The number of hydrogen-bond acceptors (Lipinski definition) is 4. The Balaban J connectivity index is 1.66. The number of carbonyl (C=O) groups is 1. The van der Waals surface area contributed by atoms with E-state index in [1.807, 2.05) is 35.0 Å². The zero-order chi connectivity index (χ0) is 15.6. The quantitative estimate of drug-likeness (QED) is 0.553. The van der Waals surface area contributed by atoms with Gasteiger partial charge in [-0.2, -0.15) is 0 Å². The number of carbonyl (C=O) groups excluding carboxylic acids is 1. The fourth-order valence-corrected chi connectivity index (χ4v) is 3.79. The van der Waals surface area contributed by atoms with Gasteiger partial charge in [0.1, 0.15) is 0 Å². The second-order valence-electron chi connectivity index (χ2n) is 5.00. The van der Waals surface area contributed by atoms with Crippen LogP contribution in [0.4, 0.5) is 5.13 Å². The number of anilines is 1. The van der Waals surface area contributed by atoms with Crippen molar-refractivity contribution >= 4 is 44.5 Å². The number of benzene rings is 2. The summed E-state index contributed by atoms with van der Waals surface area (Å²) in [5, 5.41) is 9.69. The molecule has 0 aliphatic heterocycles. The van der Waals surface area contributed by atoms with Crippen molar-refractivity contribution in [1.82, 2.24) is 4.98 Å². The van der Waals surface area contributed by atoms with Crippen LogP contribution in [0, 0.1) is 0 Å². The fourth-order valence-electron chi connectivity index (χ4n) is 2.47. The Labute approximate surface area is 141 Å². The Bertz CT molecular complexity index is 968. The van der Waals surface area contributed by atoms with Crippen LogP contribution < -0.4 is 5.32 Å². The monoisotopic (exact) mass is 336 g/mol. The average molecular weight is 336 g/mol. The van der Waals surface area contributed by atoms with Crippen LogP contribution in [-0.2, 0) is 0 Å². The van der Waals surface area contributed by atoms with Gasteiger partial charge in [-0.1, -0.05) is 48.5 Å². The predicted octanol–water partition coefficient (Wildman–Crippen LogP) is 5.28. The molecule has 0 aliphatic carbocycles. The summed E-state index contributed by atoms with van der Waals surface area (Å²) < 4.78 is 0. The molecule has 1 amide bonds. The normalized spacial score (nSPS) is 10.8. The average Bonchev–Trinajstić information content (AvgIpc) is 3.26. The number of amides is 1. The first-order valence-electron chi connectivity index (χ1n) is 7.10. The van der Waals surface area contributed by atoms with Crippen molar-refractivity contribution in [1.29, 1.82) is 0 Å². The van der Waals surface area contributed by atoms with E-state index in [-0.39, 0.29) is 5.91 Å². The van der Waals surface area contributed by atoms with Crippen molar-refractivity contribution in [3.05, 3.63) is 70.2 Å². The van der Waals surface area contributed by atoms with E-state index < -0.39 is 0 Å². The van der Waals surface area contributed by atoms with Gasteiger partial charge in [0.05, 0.1) is 10.6 Å². The summed E-state index contributed by atoms with van der Waals surface area (Å²) in [7, 11) is 0. The number of aromatic nitrogens is 1. The standard InChI is InChI=1S/C18H12N2OS2/c21-17(16-9-4-10-22-16)20-18-19-15(11-23-18)14-8-3-6-12-5-1-2-7-13(12)14/h1-11H,(H,19,20,21). The van der Waals surface area contributed by atoms with Gasteiger partial charge in [0.2, 0.25) is 0 Å². The minimum Gasteiger partial charge on any atom is -0.297 e.